The maximum Gasteiger partial charge on any atom is 0.120 e. The first-order chi connectivity index (χ1) is 9.11. The van der Waals surface area contributed by atoms with E-state index >= 15 is 0 Å². The number of aromatic hydroxyl groups is 1. The van der Waals surface area contributed by atoms with E-state index in [-0.39, 0.29) is 5.41 Å². The standard InChI is InChI=1S/C16H25NO2/c1-4-16(3)14(10-15(16)19-5-2)17-11-12-8-6-7-9-13(12)18/h6-9,14-15,17-18H,4-5,10-11H2,1-3H3. The van der Waals surface area contributed by atoms with Gasteiger partial charge in [0.1, 0.15) is 5.75 Å². The van der Waals surface area contributed by atoms with Gasteiger partial charge in [-0.05, 0) is 25.8 Å². The van der Waals surface area contributed by atoms with Gasteiger partial charge in [-0.1, -0.05) is 32.0 Å². The van der Waals surface area contributed by atoms with Crippen LogP contribution in [0.4, 0.5) is 0 Å². The minimum atomic E-state index is 0.209. The lowest BCUT2D eigenvalue weighted by molar-refractivity contribution is -0.126. The highest BCUT2D eigenvalue weighted by molar-refractivity contribution is 5.31. The molecule has 0 bridgehead atoms. The van der Waals surface area contributed by atoms with Crippen LogP contribution in [0.5, 0.6) is 5.75 Å². The van der Waals surface area contributed by atoms with Gasteiger partial charge in [-0.2, -0.15) is 0 Å². The predicted octanol–water partition coefficient (Wildman–Crippen LogP) is 3.08. The minimum Gasteiger partial charge on any atom is -0.508 e. The number of benzene rings is 1. The molecule has 0 spiro atoms. The van der Waals surface area contributed by atoms with E-state index in [0.29, 0.717) is 24.4 Å². The van der Waals surface area contributed by atoms with Crippen LogP contribution in [0, 0.1) is 5.41 Å². The van der Waals surface area contributed by atoms with Crippen LogP contribution < -0.4 is 5.32 Å². The maximum absolute atomic E-state index is 9.77. The van der Waals surface area contributed by atoms with Crippen LogP contribution in [-0.4, -0.2) is 23.9 Å². The Morgan fingerprint density at radius 3 is 2.74 bits per heavy atom. The normalized spacial score (nSPS) is 30.1. The molecule has 1 aromatic carbocycles. The molecule has 106 valence electrons. The maximum atomic E-state index is 9.77. The summed E-state index contributed by atoms with van der Waals surface area (Å²) in [4.78, 5) is 0. The lowest BCUT2D eigenvalue weighted by atomic mass is 9.61. The molecule has 2 rings (SSSR count). The summed E-state index contributed by atoms with van der Waals surface area (Å²) < 4.78 is 5.80. The molecule has 0 amide bonds. The minimum absolute atomic E-state index is 0.209. The molecule has 0 radical (unpaired) electrons. The van der Waals surface area contributed by atoms with Crippen molar-refractivity contribution in [2.24, 2.45) is 5.41 Å². The second-order valence-electron chi connectivity index (χ2n) is 5.60. The summed E-state index contributed by atoms with van der Waals surface area (Å²) >= 11 is 0. The lowest BCUT2D eigenvalue weighted by Crippen LogP contribution is -2.61. The average molecular weight is 263 g/mol. The molecule has 3 nitrogen and oxygen atoms in total. The molecule has 1 aliphatic carbocycles. The molecule has 1 fully saturated rings. The molecular weight excluding hydrogens is 238 g/mol. The van der Waals surface area contributed by atoms with E-state index in [9.17, 15) is 5.11 Å². The van der Waals surface area contributed by atoms with Crippen molar-refractivity contribution < 1.29 is 9.84 Å². The molecule has 3 atom stereocenters. The number of para-hydroxylation sites is 1. The second-order valence-corrected chi connectivity index (χ2v) is 5.60. The van der Waals surface area contributed by atoms with Crippen LogP contribution in [-0.2, 0) is 11.3 Å². The third-order valence-electron chi connectivity index (χ3n) is 4.64. The summed E-state index contributed by atoms with van der Waals surface area (Å²) in [5, 5.41) is 13.3. The van der Waals surface area contributed by atoms with Gasteiger partial charge in [-0.3, -0.25) is 0 Å². The molecular formula is C16H25NO2. The van der Waals surface area contributed by atoms with Crippen LogP contribution in [0.3, 0.4) is 0 Å². The van der Waals surface area contributed by atoms with E-state index in [1.54, 1.807) is 6.07 Å². The van der Waals surface area contributed by atoms with Crippen LogP contribution in [0.2, 0.25) is 0 Å². The zero-order valence-electron chi connectivity index (χ0n) is 12.1. The topological polar surface area (TPSA) is 41.5 Å². The molecule has 0 aromatic heterocycles. The molecule has 0 saturated heterocycles. The Labute approximate surface area is 116 Å². The summed E-state index contributed by atoms with van der Waals surface area (Å²) in [6.45, 7) is 8.07. The molecule has 1 aliphatic rings. The van der Waals surface area contributed by atoms with Crippen LogP contribution in [0.15, 0.2) is 24.3 Å². The van der Waals surface area contributed by atoms with Gasteiger partial charge in [0.25, 0.3) is 0 Å². The van der Waals surface area contributed by atoms with Gasteiger partial charge in [0.05, 0.1) is 6.10 Å². The van der Waals surface area contributed by atoms with Crippen LogP contribution in [0.25, 0.3) is 0 Å². The summed E-state index contributed by atoms with van der Waals surface area (Å²) in [6, 6.07) is 7.97. The number of phenols is 1. The van der Waals surface area contributed by atoms with Crippen LogP contribution in [0.1, 0.15) is 39.2 Å². The van der Waals surface area contributed by atoms with E-state index < -0.39 is 0 Å². The van der Waals surface area contributed by atoms with E-state index in [1.165, 1.54) is 0 Å². The van der Waals surface area contributed by atoms with Gasteiger partial charge in [0.15, 0.2) is 0 Å². The predicted molar refractivity (Wildman–Crippen MR) is 77.2 cm³/mol. The quantitative estimate of drug-likeness (QED) is 0.828. The highest BCUT2D eigenvalue weighted by Crippen LogP contribution is 2.46. The molecule has 0 heterocycles. The summed E-state index contributed by atoms with van der Waals surface area (Å²) in [6.07, 6.45) is 2.53. The highest BCUT2D eigenvalue weighted by atomic mass is 16.5. The largest absolute Gasteiger partial charge is 0.508 e. The van der Waals surface area contributed by atoms with E-state index in [1.807, 2.05) is 18.2 Å². The summed E-state index contributed by atoms with van der Waals surface area (Å²) in [7, 11) is 0. The number of hydrogen-bond donors (Lipinski definition) is 2. The van der Waals surface area contributed by atoms with Crippen molar-refractivity contribution in [3.05, 3.63) is 29.8 Å². The van der Waals surface area contributed by atoms with E-state index in [0.717, 1.165) is 25.0 Å². The fourth-order valence-electron chi connectivity index (χ4n) is 2.96. The van der Waals surface area contributed by atoms with Gasteiger partial charge in [0, 0.05) is 30.2 Å². The van der Waals surface area contributed by atoms with Gasteiger partial charge in [-0.15, -0.1) is 0 Å². The zero-order chi connectivity index (χ0) is 13.9. The van der Waals surface area contributed by atoms with Crippen molar-refractivity contribution in [1.82, 2.24) is 5.32 Å². The number of nitrogens with one attached hydrogen (secondary N) is 1. The Balaban J connectivity index is 1.92. The number of ether oxygens (including phenoxy) is 1. The van der Waals surface area contributed by atoms with Crippen molar-refractivity contribution in [1.29, 1.82) is 0 Å². The van der Waals surface area contributed by atoms with Gasteiger partial charge < -0.3 is 15.2 Å². The first-order valence-corrected chi connectivity index (χ1v) is 7.23. The van der Waals surface area contributed by atoms with Crippen molar-refractivity contribution in [2.45, 2.75) is 52.3 Å². The number of rotatable bonds is 6. The lowest BCUT2D eigenvalue weighted by Gasteiger charge is -2.53. The second kappa shape index (κ2) is 5.93. The molecule has 3 unspecified atom stereocenters. The Kier molecular flexibility index (Phi) is 4.48. The van der Waals surface area contributed by atoms with Gasteiger partial charge >= 0.3 is 0 Å². The Hall–Kier alpha value is -1.06. The van der Waals surface area contributed by atoms with Crippen molar-refractivity contribution in [2.75, 3.05) is 6.61 Å². The van der Waals surface area contributed by atoms with Crippen molar-refractivity contribution in [3.63, 3.8) is 0 Å². The number of phenolic OH excluding ortho intramolecular Hbond substituents is 1. The van der Waals surface area contributed by atoms with Gasteiger partial charge in [0.2, 0.25) is 0 Å². The third kappa shape index (κ3) is 2.77. The Morgan fingerprint density at radius 2 is 2.11 bits per heavy atom. The monoisotopic (exact) mass is 263 g/mol. The highest BCUT2D eigenvalue weighted by Gasteiger charge is 2.50. The SMILES string of the molecule is CCOC1CC(NCc2ccccc2O)C1(C)CC. The summed E-state index contributed by atoms with van der Waals surface area (Å²) in [5.74, 6) is 0.369. The molecule has 3 heteroatoms. The Bertz CT molecular complexity index is 421. The van der Waals surface area contributed by atoms with Crippen molar-refractivity contribution >= 4 is 0 Å². The number of hydrogen-bond acceptors (Lipinski definition) is 3. The van der Waals surface area contributed by atoms with Crippen LogP contribution >= 0.6 is 0 Å². The first-order valence-electron chi connectivity index (χ1n) is 7.23. The molecule has 0 aliphatic heterocycles. The van der Waals surface area contributed by atoms with E-state index in [4.69, 9.17) is 4.74 Å². The van der Waals surface area contributed by atoms with Crippen molar-refractivity contribution in [3.8, 4) is 5.75 Å². The Morgan fingerprint density at radius 1 is 1.37 bits per heavy atom. The molecule has 2 N–H and O–H groups in total. The first kappa shape index (κ1) is 14.4. The smallest absolute Gasteiger partial charge is 0.120 e. The summed E-state index contributed by atoms with van der Waals surface area (Å²) in [5.41, 5.74) is 1.17. The molecule has 19 heavy (non-hydrogen) atoms. The fourth-order valence-corrected chi connectivity index (χ4v) is 2.96. The third-order valence-corrected chi connectivity index (χ3v) is 4.64. The zero-order valence-corrected chi connectivity index (χ0v) is 12.1. The average Bonchev–Trinajstić information content (AvgIpc) is 2.42. The molecule has 1 aromatic rings. The van der Waals surface area contributed by atoms with Gasteiger partial charge in [-0.25, -0.2) is 0 Å². The molecule has 1 saturated carbocycles. The van der Waals surface area contributed by atoms with E-state index in [2.05, 4.69) is 26.1 Å². The fraction of sp³-hybridized carbons (Fsp3) is 0.625.